The summed E-state index contributed by atoms with van der Waals surface area (Å²) in [5, 5.41) is 17.7. The van der Waals surface area contributed by atoms with E-state index in [2.05, 4.69) is 15.2 Å². The van der Waals surface area contributed by atoms with Gasteiger partial charge in [0.05, 0.1) is 24.1 Å². The first kappa shape index (κ1) is 41.2. The van der Waals surface area contributed by atoms with E-state index >= 15 is 0 Å². The summed E-state index contributed by atoms with van der Waals surface area (Å²) in [7, 11) is -3.45. The van der Waals surface area contributed by atoms with E-state index in [1.165, 1.54) is 36.0 Å². The zero-order chi connectivity index (χ0) is 38.8. The lowest BCUT2D eigenvalue weighted by atomic mass is 9.92. The van der Waals surface area contributed by atoms with Gasteiger partial charge in [-0.3, -0.25) is 18.9 Å². The molecule has 1 saturated heterocycles. The molecule has 0 amide bonds. The number of rotatable bonds is 18. The molecule has 0 saturated carbocycles. The highest BCUT2D eigenvalue weighted by molar-refractivity contribution is 7.52. The average molecular weight is 759 g/mol. The second-order valence-corrected chi connectivity index (χ2v) is 14.8. The molecule has 0 bridgehead atoms. The van der Waals surface area contributed by atoms with Gasteiger partial charge in [0.2, 0.25) is 5.60 Å². The molecule has 53 heavy (non-hydrogen) atoms. The van der Waals surface area contributed by atoms with Crippen molar-refractivity contribution in [1.82, 2.24) is 19.7 Å². The Morgan fingerprint density at radius 3 is 2.32 bits per heavy atom. The molecule has 3 heterocycles. The Balaban J connectivity index is 1.73. The van der Waals surface area contributed by atoms with E-state index in [1.807, 2.05) is 6.07 Å². The van der Waals surface area contributed by atoms with E-state index in [4.69, 9.17) is 38.5 Å². The molecule has 0 radical (unpaired) electrons. The van der Waals surface area contributed by atoms with Gasteiger partial charge in [-0.25, -0.2) is 14.1 Å². The number of nitrogens with two attached hydrogens (primary N) is 1. The molecule has 1 aromatic carbocycles. The van der Waals surface area contributed by atoms with Crippen molar-refractivity contribution in [2.75, 3.05) is 39.3 Å². The number of nitriles is 1. The van der Waals surface area contributed by atoms with E-state index in [0.29, 0.717) is 18.7 Å². The van der Waals surface area contributed by atoms with Crippen molar-refractivity contribution >= 4 is 37.0 Å². The Morgan fingerprint density at radius 2 is 1.70 bits per heavy atom. The highest BCUT2D eigenvalue weighted by Crippen LogP contribution is 2.47. The van der Waals surface area contributed by atoms with Gasteiger partial charge in [0, 0.05) is 20.3 Å². The molecule has 0 spiro atoms. The van der Waals surface area contributed by atoms with Crippen LogP contribution in [0.5, 0.6) is 5.75 Å². The number of carbonyl (C=O) groups excluding carboxylic acids is 3. The van der Waals surface area contributed by atoms with E-state index in [-0.39, 0.29) is 29.8 Å². The first-order valence-corrected chi connectivity index (χ1v) is 18.7. The SMILES string of the molecule is CO[C@](C#N)(COP(=O)(N[C@@H](C)C(=O)OCC1CCOCC1)Oc1ccccc1)[C@@H](OC(=O)C(C)C)[C@@H](OC(=O)C(C)C)c1ccc2c(N)ncnn12. The number of anilines is 1. The number of hydrogen-bond acceptors (Lipinski definition) is 15. The second kappa shape index (κ2) is 18.4. The first-order valence-electron chi connectivity index (χ1n) is 17.2. The Labute approximate surface area is 307 Å². The Kier molecular flexibility index (Phi) is 14.3. The minimum absolute atomic E-state index is 0.100. The van der Waals surface area contributed by atoms with E-state index in [9.17, 15) is 24.2 Å². The van der Waals surface area contributed by atoms with Crippen LogP contribution >= 0.6 is 7.75 Å². The molecular formula is C35H47N6O11P. The maximum Gasteiger partial charge on any atom is 0.459 e. The van der Waals surface area contributed by atoms with Crippen molar-refractivity contribution in [2.45, 2.75) is 71.3 Å². The number of para-hydroxylation sites is 1. The Morgan fingerprint density at radius 1 is 1.04 bits per heavy atom. The van der Waals surface area contributed by atoms with Crippen LogP contribution in [0.2, 0.25) is 0 Å². The van der Waals surface area contributed by atoms with Crippen molar-refractivity contribution < 1.29 is 51.7 Å². The number of esters is 3. The summed E-state index contributed by atoms with van der Waals surface area (Å²) in [6.07, 6.45) is -0.685. The molecular weight excluding hydrogens is 711 g/mol. The zero-order valence-corrected chi connectivity index (χ0v) is 31.5. The maximum absolute atomic E-state index is 14.5. The third-order valence-electron chi connectivity index (χ3n) is 8.44. The van der Waals surface area contributed by atoms with Crippen LogP contribution in [0.15, 0.2) is 48.8 Å². The number of benzene rings is 1. The molecule has 1 unspecified atom stereocenters. The monoisotopic (exact) mass is 758 g/mol. The minimum atomic E-state index is -4.59. The summed E-state index contributed by atoms with van der Waals surface area (Å²) in [5.41, 5.74) is 4.22. The number of fused-ring (bicyclic) bond motifs is 1. The highest BCUT2D eigenvalue weighted by Gasteiger charge is 2.53. The summed E-state index contributed by atoms with van der Waals surface area (Å²) in [6, 6.07) is 11.9. The standard InChI is InChI=1S/C35H47N6O11P/c1-22(2)32(42)50-29(27-12-13-28-31(37)38-21-39-41(27)28)30(51-33(43)23(3)4)35(19-36,46-6)20-49-53(45,52-26-10-8-7-9-11-26)40-24(5)34(44)48-18-25-14-16-47-17-15-25/h7-13,21-25,29-30H,14-18,20H2,1-6H3,(H,40,45)(H2,37,38,39)/t24-,29-,30-,35+,53?/m0/s1. The zero-order valence-electron chi connectivity index (χ0n) is 30.6. The fourth-order valence-corrected chi connectivity index (χ4v) is 6.73. The number of hydrogen-bond donors (Lipinski definition) is 2. The van der Waals surface area contributed by atoms with Gasteiger partial charge in [-0.1, -0.05) is 45.9 Å². The predicted molar refractivity (Wildman–Crippen MR) is 189 cm³/mol. The van der Waals surface area contributed by atoms with Crippen LogP contribution in [0.3, 0.4) is 0 Å². The number of nitrogens with one attached hydrogen (secondary N) is 1. The lowest BCUT2D eigenvalue weighted by molar-refractivity contribution is -0.197. The molecule has 3 aromatic rings. The molecule has 5 atom stereocenters. The van der Waals surface area contributed by atoms with Crippen molar-refractivity contribution in [1.29, 1.82) is 5.26 Å². The van der Waals surface area contributed by atoms with Gasteiger partial charge in [0.15, 0.2) is 18.0 Å². The first-order chi connectivity index (χ1) is 25.2. The minimum Gasteiger partial charge on any atom is -0.464 e. The summed E-state index contributed by atoms with van der Waals surface area (Å²) in [4.78, 5) is 43.6. The number of nitrogen functional groups attached to an aromatic ring is 1. The summed E-state index contributed by atoms with van der Waals surface area (Å²) < 4.78 is 56.1. The number of methoxy groups -OCH3 is 1. The van der Waals surface area contributed by atoms with E-state index in [0.717, 1.165) is 20.0 Å². The van der Waals surface area contributed by atoms with Crippen molar-refractivity contribution in [3.63, 3.8) is 0 Å². The third-order valence-corrected chi connectivity index (χ3v) is 10.1. The quantitative estimate of drug-likeness (QED) is 0.105. The number of ether oxygens (including phenoxy) is 5. The van der Waals surface area contributed by atoms with Crippen LogP contribution < -0.4 is 15.3 Å². The second-order valence-electron chi connectivity index (χ2n) is 13.1. The van der Waals surface area contributed by atoms with Crippen molar-refractivity contribution in [3.8, 4) is 11.8 Å². The van der Waals surface area contributed by atoms with Gasteiger partial charge in [0.1, 0.15) is 36.3 Å². The Bertz CT molecular complexity index is 1790. The predicted octanol–water partition coefficient (Wildman–Crippen LogP) is 4.18. The molecule has 0 aliphatic carbocycles. The summed E-state index contributed by atoms with van der Waals surface area (Å²) >= 11 is 0. The summed E-state index contributed by atoms with van der Waals surface area (Å²) in [6.45, 7) is 8.14. The Hall–Kier alpha value is -4.59. The van der Waals surface area contributed by atoms with Gasteiger partial charge in [-0.15, -0.1) is 0 Å². The average Bonchev–Trinajstić information content (AvgIpc) is 3.58. The van der Waals surface area contributed by atoms with Crippen LogP contribution in [0.4, 0.5) is 5.82 Å². The molecule has 4 rings (SSSR count). The van der Waals surface area contributed by atoms with Gasteiger partial charge in [-0.2, -0.15) is 15.4 Å². The molecule has 1 fully saturated rings. The van der Waals surface area contributed by atoms with Gasteiger partial charge in [0.25, 0.3) is 0 Å². The fourth-order valence-electron chi connectivity index (χ4n) is 5.21. The smallest absolute Gasteiger partial charge is 0.459 e. The maximum atomic E-state index is 14.5. The molecule has 1 aliphatic rings. The largest absolute Gasteiger partial charge is 0.464 e. The molecule has 1 aliphatic heterocycles. The number of aromatic nitrogens is 3. The van der Waals surface area contributed by atoms with E-state index in [1.54, 1.807) is 52.0 Å². The van der Waals surface area contributed by atoms with Crippen LogP contribution in [-0.4, -0.2) is 83.8 Å². The lowest BCUT2D eigenvalue weighted by Crippen LogP contribution is -2.54. The van der Waals surface area contributed by atoms with Crippen molar-refractivity contribution in [3.05, 3.63) is 54.5 Å². The fraction of sp³-hybridized carbons (Fsp3) is 0.543. The van der Waals surface area contributed by atoms with Crippen LogP contribution in [-0.2, 0) is 47.2 Å². The third kappa shape index (κ3) is 10.5. The topological polar surface area (TPSA) is 225 Å². The highest BCUT2D eigenvalue weighted by atomic mass is 31.2. The van der Waals surface area contributed by atoms with Gasteiger partial charge < -0.3 is 33.9 Å². The molecule has 2 aromatic heterocycles. The molecule has 288 valence electrons. The molecule has 18 heteroatoms. The molecule has 17 nitrogen and oxygen atoms in total. The van der Waals surface area contributed by atoms with Crippen LogP contribution in [0, 0.1) is 29.1 Å². The summed E-state index contributed by atoms with van der Waals surface area (Å²) in [5.74, 6) is -3.26. The normalized spacial score (nSPS) is 17.6. The number of carbonyl (C=O) groups is 3. The van der Waals surface area contributed by atoms with Crippen molar-refractivity contribution in [2.24, 2.45) is 17.8 Å². The lowest BCUT2D eigenvalue weighted by Gasteiger charge is -2.38. The van der Waals surface area contributed by atoms with Crippen LogP contribution in [0.25, 0.3) is 5.52 Å². The van der Waals surface area contributed by atoms with Crippen LogP contribution in [0.1, 0.15) is 59.3 Å². The van der Waals surface area contributed by atoms with Gasteiger partial charge >= 0.3 is 25.7 Å². The van der Waals surface area contributed by atoms with E-state index < -0.39 is 67.9 Å². The molecule has 3 N–H and O–H groups in total. The number of nitrogens with zero attached hydrogens (tertiary/aromatic N) is 4. The van der Waals surface area contributed by atoms with Gasteiger partial charge in [-0.05, 0) is 49.9 Å².